The summed E-state index contributed by atoms with van der Waals surface area (Å²) >= 11 is 0. The van der Waals surface area contributed by atoms with Gasteiger partial charge >= 0.3 is 5.97 Å². The summed E-state index contributed by atoms with van der Waals surface area (Å²) in [6.45, 7) is 6.88. The van der Waals surface area contributed by atoms with Gasteiger partial charge in [-0.2, -0.15) is 0 Å². The molecule has 0 bridgehead atoms. The number of carbonyl (C=O) groups excluding carboxylic acids is 2. The van der Waals surface area contributed by atoms with Crippen LogP contribution in [0.25, 0.3) is 0 Å². The van der Waals surface area contributed by atoms with Crippen LogP contribution in [0.3, 0.4) is 0 Å². The van der Waals surface area contributed by atoms with E-state index in [1.54, 1.807) is 18.9 Å². The molecule has 0 aliphatic carbocycles. The van der Waals surface area contributed by atoms with Crippen molar-refractivity contribution in [1.82, 2.24) is 10.2 Å². The summed E-state index contributed by atoms with van der Waals surface area (Å²) in [6, 6.07) is 0.226. The third-order valence-electron chi connectivity index (χ3n) is 2.79. The molecule has 1 aliphatic heterocycles. The minimum atomic E-state index is -0.361. The molecule has 1 saturated heterocycles. The first-order valence-corrected chi connectivity index (χ1v) is 5.86. The first-order valence-electron chi connectivity index (χ1n) is 5.86. The number of hydrogen-bond donors (Lipinski definition) is 1. The molecular formula is C12H20N2O3. The third-order valence-corrected chi connectivity index (χ3v) is 2.79. The molecule has 0 spiro atoms. The first-order chi connectivity index (χ1) is 8.04. The second kappa shape index (κ2) is 6.39. The Morgan fingerprint density at radius 3 is 2.94 bits per heavy atom. The maximum atomic E-state index is 11.3. The number of ether oxygens (including phenoxy) is 1. The molecule has 5 heteroatoms. The molecule has 1 N–H and O–H groups in total. The number of likely N-dealkylation sites (tertiary alicyclic amines) is 1. The molecule has 1 fully saturated rings. The molecule has 0 radical (unpaired) electrons. The van der Waals surface area contributed by atoms with Crippen LogP contribution in [-0.4, -0.2) is 49.6 Å². The highest BCUT2D eigenvalue weighted by molar-refractivity contribution is 5.88. The monoisotopic (exact) mass is 240 g/mol. The summed E-state index contributed by atoms with van der Waals surface area (Å²) in [7, 11) is 1.79. The predicted molar refractivity (Wildman–Crippen MR) is 64.4 cm³/mol. The zero-order valence-electron chi connectivity index (χ0n) is 10.5. The van der Waals surface area contributed by atoms with Gasteiger partial charge in [0.25, 0.3) is 0 Å². The average Bonchev–Trinajstić information content (AvgIpc) is 2.30. The lowest BCUT2D eigenvalue weighted by atomic mass is 10.1. The van der Waals surface area contributed by atoms with E-state index in [2.05, 4.69) is 11.9 Å². The largest absolute Gasteiger partial charge is 0.463 e. The minimum Gasteiger partial charge on any atom is -0.463 e. The molecule has 96 valence electrons. The molecule has 0 aromatic heterocycles. The van der Waals surface area contributed by atoms with Gasteiger partial charge < -0.3 is 15.0 Å². The lowest BCUT2D eigenvalue weighted by Crippen LogP contribution is -2.47. The summed E-state index contributed by atoms with van der Waals surface area (Å²) < 4.78 is 4.84. The Balaban J connectivity index is 2.29. The fraction of sp³-hybridized carbons (Fsp3) is 0.667. The molecule has 1 aliphatic rings. The molecular weight excluding hydrogens is 220 g/mol. The number of likely N-dealkylation sites (N-methyl/N-ethyl adjacent to an activating group) is 1. The normalized spacial score (nSPS) is 20.2. The van der Waals surface area contributed by atoms with Gasteiger partial charge in [0.2, 0.25) is 5.91 Å². The number of amides is 1. The van der Waals surface area contributed by atoms with Crippen molar-refractivity contribution in [3.05, 3.63) is 12.2 Å². The maximum absolute atomic E-state index is 11.3. The van der Waals surface area contributed by atoms with Crippen molar-refractivity contribution < 1.29 is 14.3 Å². The number of nitrogens with one attached hydrogen (secondary N) is 1. The Bertz CT molecular complexity index is 315. The summed E-state index contributed by atoms with van der Waals surface area (Å²) in [5.41, 5.74) is 0.423. The Morgan fingerprint density at radius 1 is 1.65 bits per heavy atom. The zero-order valence-corrected chi connectivity index (χ0v) is 10.5. The Kier molecular flexibility index (Phi) is 5.15. The van der Waals surface area contributed by atoms with E-state index in [4.69, 9.17) is 4.74 Å². The van der Waals surface area contributed by atoms with Crippen LogP contribution >= 0.6 is 0 Å². The standard InChI is InChI=1S/C12H20N2O3/c1-4-17-12(16)9(2)7-13-10-5-6-11(15)14(3)8-10/h10,13H,2,4-8H2,1,3H3. The second-order valence-electron chi connectivity index (χ2n) is 4.21. The molecule has 1 atom stereocenters. The van der Waals surface area contributed by atoms with Crippen LogP contribution in [-0.2, 0) is 14.3 Å². The van der Waals surface area contributed by atoms with Crippen LogP contribution in [0, 0.1) is 0 Å². The van der Waals surface area contributed by atoms with Gasteiger partial charge in [0.05, 0.1) is 6.61 Å². The van der Waals surface area contributed by atoms with Crippen molar-refractivity contribution in [2.24, 2.45) is 0 Å². The van der Waals surface area contributed by atoms with Gasteiger partial charge in [0, 0.05) is 38.2 Å². The topological polar surface area (TPSA) is 58.6 Å². The molecule has 0 aromatic rings. The van der Waals surface area contributed by atoms with E-state index >= 15 is 0 Å². The van der Waals surface area contributed by atoms with Crippen molar-refractivity contribution >= 4 is 11.9 Å². The summed E-state index contributed by atoms with van der Waals surface area (Å²) in [5.74, 6) is -0.187. The minimum absolute atomic E-state index is 0.173. The third kappa shape index (κ3) is 4.19. The van der Waals surface area contributed by atoms with E-state index < -0.39 is 0 Å². The van der Waals surface area contributed by atoms with Gasteiger partial charge in [0.1, 0.15) is 0 Å². The predicted octanol–water partition coefficient (Wildman–Crippen LogP) is 0.316. The highest BCUT2D eigenvalue weighted by Gasteiger charge is 2.22. The number of rotatable bonds is 5. The molecule has 1 amide bonds. The highest BCUT2D eigenvalue weighted by Crippen LogP contribution is 2.09. The van der Waals surface area contributed by atoms with E-state index in [0.717, 1.165) is 6.42 Å². The summed E-state index contributed by atoms with van der Waals surface area (Å²) in [5, 5.41) is 3.22. The van der Waals surface area contributed by atoms with Crippen LogP contribution in [0.15, 0.2) is 12.2 Å². The Hall–Kier alpha value is -1.36. The van der Waals surface area contributed by atoms with Gasteiger partial charge in [-0.3, -0.25) is 4.79 Å². The molecule has 1 heterocycles. The lowest BCUT2D eigenvalue weighted by molar-refractivity contribution is -0.138. The molecule has 5 nitrogen and oxygen atoms in total. The molecule has 17 heavy (non-hydrogen) atoms. The number of hydrogen-bond acceptors (Lipinski definition) is 4. The van der Waals surface area contributed by atoms with E-state index in [-0.39, 0.29) is 17.9 Å². The number of esters is 1. The fourth-order valence-electron chi connectivity index (χ4n) is 1.75. The zero-order chi connectivity index (χ0) is 12.8. The van der Waals surface area contributed by atoms with E-state index in [1.807, 2.05) is 0 Å². The highest BCUT2D eigenvalue weighted by atomic mass is 16.5. The summed E-state index contributed by atoms with van der Waals surface area (Å²) in [6.07, 6.45) is 1.36. The van der Waals surface area contributed by atoms with Crippen LogP contribution in [0.4, 0.5) is 0 Å². The second-order valence-corrected chi connectivity index (χ2v) is 4.21. The molecule has 1 unspecified atom stereocenters. The fourth-order valence-corrected chi connectivity index (χ4v) is 1.75. The van der Waals surface area contributed by atoms with Gasteiger partial charge in [-0.15, -0.1) is 0 Å². The van der Waals surface area contributed by atoms with E-state index in [1.165, 1.54) is 0 Å². The van der Waals surface area contributed by atoms with Crippen molar-refractivity contribution in [3.8, 4) is 0 Å². The van der Waals surface area contributed by atoms with Gasteiger partial charge in [0.15, 0.2) is 0 Å². The molecule has 0 saturated carbocycles. The first kappa shape index (κ1) is 13.7. The van der Waals surface area contributed by atoms with E-state index in [9.17, 15) is 9.59 Å². The number of carbonyl (C=O) groups is 2. The SMILES string of the molecule is C=C(CNC1CCC(=O)N(C)C1)C(=O)OCC. The van der Waals surface area contributed by atoms with Crippen LogP contribution in [0.1, 0.15) is 19.8 Å². The summed E-state index contributed by atoms with van der Waals surface area (Å²) in [4.78, 5) is 24.3. The van der Waals surface area contributed by atoms with Crippen LogP contribution in [0.5, 0.6) is 0 Å². The molecule has 0 aromatic carbocycles. The van der Waals surface area contributed by atoms with Crippen LogP contribution < -0.4 is 5.32 Å². The number of nitrogens with zero attached hydrogens (tertiary/aromatic N) is 1. The van der Waals surface area contributed by atoms with Crippen molar-refractivity contribution in [2.45, 2.75) is 25.8 Å². The smallest absolute Gasteiger partial charge is 0.334 e. The van der Waals surface area contributed by atoms with Gasteiger partial charge in [-0.25, -0.2) is 4.79 Å². The van der Waals surface area contributed by atoms with Crippen LogP contribution in [0.2, 0.25) is 0 Å². The Morgan fingerprint density at radius 2 is 2.35 bits per heavy atom. The van der Waals surface area contributed by atoms with Gasteiger partial charge in [-0.05, 0) is 13.3 Å². The van der Waals surface area contributed by atoms with Crippen molar-refractivity contribution in [3.63, 3.8) is 0 Å². The van der Waals surface area contributed by atoms with Crippen molar-refractivity contribution in [1.29, 1.82) is 0 Å². The maximum Gasteiger partial charge on any atom is 0.334 e. The Labute approximate surface area is 102 Å². The molecule has 1 rings (SSSR count). The quantitative estimate of drug-likeness (QED) is 0.555. The van der Waals surface area contributed by atoms with E-state index in [0.29, 0.717) is 31.7 Å². The average molecular weight is 240 g/mol. The van der Waals surface area contributed by atoms with Gasteiger partial charge in [-0.1, -0.05) is 6.58 Å². The number of piperidine rings is 1. The lowest BCUT2D eigenvalue weighted by Gasteiger charge is -2.30. The van der Waals surface area contributed by atoms with Crippen molar-refractivity contribution in [2.75, 3.05) is 26.7 Å².